The van der Waals surface area contributed by atoms with Gasteiger partial charge in [-0.3, -0.25) is 9.59 Å². The number of thiophene rings is 2. The van der Waals surface area contributed by atoms with Crippen LogP contribution in [0.25, 0.3) is 9.88 Å². The van der Waals surface area contributed by atoms with Gasteiger partial charge in [0.1, 0.15) is 10.0 Å². The molecule has 26 heavy (non-hydrogen) atoms. The molecule has 2 amide bonds. The zero-order chi connectivity index (χ0) is 18.7. The van der Waals surface area contributed by atoms with Gasteiger partial charge in [0, 0.05) is 5.38 Å². The van der Waals surface area contributed by atoms with Gasteiger partial charge in [-0.25, -0.2) is 9.78 Å². The van der Waals surface area contributed by atoms with Gasteiger partial charge in [0.2, 0.25) is 0 Å². The first-order valence-electron chi connectivity index (χ1n) is 7.34. The largest absolute Gasteiger partial charge is 0.448 e. The molecule has 0 aliphatic rings. The Morgan fingerprint density at radius 3 is 2.69 bits per heavy atom. The van der Waals surface area contributed by atoms with Crippen LogP contribution >= 0.6 is 34.0 Å². The molecule has 0 bridgehead atoms. The fourth-order valence-electron chi connectivity index (χ4n) is 1.97. The normalized spacial score (nSPS) is 11.7. The zero-order valence-electron chi connectivity index (χ0n) is 13.4. The van der Waals surface area contributed by atoms with Crippen molar-refractivity contribution in [3.05, 3.63) is 45.6 Å². The molecule has 0 spiro atoms. The number of thiazole rings is 1. The number of hydrogen-bond acceptors (Lipinski definition) is 8. The molecule has 3 N–H and O–H groups in total. The molecule has 0 radical (unpaired) electrons. The van der Waals surface area contributed by atoms with Gasteiger partial charge in [-0.2, -0.15) is 0 Å². The van der Waals surface area contributed by atoms with E-state index in [4.69, 9.17) is 10.5 Å². The number of carbonyl (C=O) groups is 3. The average Bonchev–Trinajstić information content (AvgIpc) is 3.34. The second-order valence-electron chi connectivity index (χ2n) is 5.08. The standard InChI is InChI=1S/C16H13N3O4S3/c1-8(13(21)19-14-9(12(17)20)4-6-25-14)23-16(22)10-7-26-15(18-10)11-3-2-5-24-11/h2-8H,1H3,(H2,17,20)(H,19,21)/t8-/m1/s1. The third-order valence-corrected chi connectivity index (χ3v) is 5.98. The summed E-state index contributed by atoms with van der Waals surface area (Å²) in [7, 11) is 0. The van der Waals surface area contributed by atoms with Crippen molar-refractivity contribution in [2.75, 3.05) is 5.32 Å². The number of aromatic nitrogens is 1. The maximum absolute atomic E-state index is 12.2. The Bertz CT molecular complexity index is 946. The van der Waals surface area contributed by atoms with Crippen molar-refractivity contribution in [1.29, 1.82) is 0 Å². The van der Waals surface area contributed by atoms with E-state index in [1.54, 1.807) is 10.8 Å². The SMILES string of the molecule is C[C@@H](OC(=O)c1csc(-c2cccs2)n1)C(=O)Nc1sccc1C(N)=O. The third kappa shape index (κ3) is 3.98. The van der Waals surface area contributed by atoms with Crippen molar-refractivity contribution < 1.29 is 19.1 Å². The Morgan fingerprint density at radius 2 is 2.00 bits per heavy atom. The minimum atomic E-state index is -1.06. The third-order valence-electron chi connectivity index (χ3n) is 3.27. The van der Waals surface area contributed by atoms with Crippen LogP contribution in [0.5, 0.6) is 0 Å². The first-order chi connectivity index (χ1) is 12.5. The predicted octanol–water partition coefficient (Wildman–Crippen LogP) is 3.22. The fourth-order valence-corrected chi connectivity index (χ4v) is 4.37. The van der Waals surface area contributed by atoms with Crippen molar-refractivity contribution in [1.82, 2.24) is 4.98 Å². The molecule has 3 aromatic heterocycles. The molecule has 0 aliphatic carbocycles. The number of nitrogens with two attached hydrogens (primary N) is 1. The van der Waals surface area contributed by atoms with Crippen LogP contribution in [-0.4, -0.2) is 28.9 Å². The van der Waals surface area contributed by atoms with E-state index in [0.29, 0.717) is 10.0 Å². The highest BCUT2D eigenvalue weighted by Gasteiger charge is 2.23. The predicted molar refractivity (Wildman–Crippen MR) is 102 cm³/mol. The van der Waals surface area contributed by atoms with E-state index in [-0.39, 0.29) is 11.3 Å². The van der Waals surface area contributed by atoms with Crippen LogP contribution in [0.4, 0.5) is 5.00 Å². The Labute approximate surface area is 160 Å². The van der Waals surface area contributed by atoms with Gasteiger partial charge < -0.3 is 15.8 Å². The highest BCUT2D eigenvalue weighted by Crippen LogP contribution is 2.28. The van der Waals surface area contributed by atoms with E-state index in [0.717, 1.165) is 16.2 Å². The van der Waals surface area contributed by atoms with Crippen LogP contribution in [0, 0.1) is 0 Å². The van der Waals surface area contributed by atoms with E-state index in [2.05, 4.69) is 10.3 Å². The van der Waals surface area contributed by atoms with E-state index >= 15 is 0 Å². The minimum Gasteiger partial charge on any atom is -0.448 e. The van der Waals surface area contributed by atoms with Gasteiger partial charge in [-0.1, -0.05) is 6.07 Å². The summed E-state index contributed by atoms with van der Waals surface area (Å²) in [5, 5.41) is 8.72. The van der Waals surface area contributed by atoms with Gasteiger partial charge in [0.05, 0.1) is 10.4 Å². The molecule has 3 heterocycles. The van der Waals surface area contributed by atoms with Crippen LogP contribution < -0.4 is 11.1 Å². The van der Waals surface area contributed by atoms with Crippen molar-refractivity contribution in [2.45, 2.75) is 13.0 Å². The summed E-state index contributed by atoms with van der Waals surface area (Å²) in [4.78, 5) is 40.9. The lowest BCUT2D eigenvalue weighted by molar-refractivity contribution is -0.123. The second-order valence-corrected chi connectivity index (χ2v) is 7.80. The monoisotopic (exact) mass is 407 g/mol. The van der Waals surface area contributed by atoms with Crippen molar-refractivity contribution in [3.63, 3.8) is 0 Å². The summed E-state index contributed by atoms with van der Waals surface area (Å²) in [6, 6.07) is 5.32. The van der Waals surface area contributed by atoms with E-state index in [1.165, 1.54) is 35.7 Å². The molecule has 0 fully saturated rings. The summed E-state index contributed by atoms with van der Waals surface area (Å²) in [5.41, 5.74) is 5.59. The number of nitrogens with zero attached hydrogens (tertiary/aromatic N) is 1. The minimum absolute atomic E-state index is 0.145. The molecule has 1 atom stereocenters. The molecule has 7 nitrogen and oxygen atoms in total. The Kier molecular flexibility index (Phi) is 5.45. The number of anilines is 1. The number of primary amides is 1. The number of nitrogens with one attached hydrogen (secondary N) is 1. The number of carbonyl (C=O) groups excluding carboxylic acids is 3. The summed E-state index contributed by atoms with van der Waals surface area (Å²) in [6.45, 7) is 1.44. The first kappa shape index (κ1) is 18.2. The number of esters is 1. The van der Waals surface area contributed by atoms with Crippen molar-refractivity contribution in [2.24, 2.45) is 5.73 Å². The van der Waals surface area contributed by atoms with Gasteiger partial charge >= 0.3 is 5.97 Å². The summed E-state index contributed by atoms with van der Waals surface area (Å²) < 4.78 is 5.16. The number of rotatable bonds is 6. The maximum atomic E-state index is 12.2. The Morgan fingerprint density at radius 1 is 1.19 bits per heavy atom. The molecule has 0 saturated heterocycles. The average molecular weight is 407 g/mol. The molecule has 3 aromatic rings. The second kappa shape index (κ2) is 7.77. The fraction of sp³-hybridized carbons (Fsp3) is 0.125. The van der Waals surface area contributed by atoms with Crippen molar-refractivity contribution in [3.8, 4) is 9.88 Å². The molecule has 0 aliphatic heterocycles. The lowest BCUT2D eigenvalue weighted by atomic mass is 10.3. The topological polar surface area (TPSA) is 111 Å². The van der Waals surface area contributed by atoms with Crippen LogP contribution in [0.15, 0.2) is 34.3 Å². The van der Waals surface area contributed by atoms with Gasteiger partial charge in [-0.15, -0.1) is 34.0 Å². The number of ether oxygens (including phenoxy) is 1. The van der Waals surface area contributed by atoms with E-state index in [1.807, 2.05) is 17.5 Å². The van der Waals surface area contributed by atoms with Crippen molar-refractivity contribution >= 4 is 56.8 Å². The molecular formula is C16H13N3O4S3. The molecule has 0 aromatic carbocycles. The highest BCUT2D eigenvalue weighted by molar-refractivity contribution is 7.20. The molecule has 0 unspecified atom stereocenters. The summed E-state index contributed by atoms with van der Waals surface area (Å²) in [5.74, 6) is -1.89. The van der Waals surface area contributed by atoms with Gasteiger partial charge in [-0.05, 0) is 29.8 Å². The maximum Gasteiger partial charge on any atom is 0.358 e. The Balaban J connectivity index is 1.63. The molecule has 3 rings (SSSR count). The summed E-state index contributed by atoms with van der Waals surface area (Å²) in [6.07, 6.45) is -1.06. The molecule has 0 saturated carbocycles. The quantitative estimate of drug-likeness (QED) is 0.610. The van der Waals surface area contributed by atoms with Crippen LogP contribution in [0.2, 0.25) is 0 Å². The van der Waals surface area contributed by atoms with Crippen LogP contribution in [0.3, 0.4) is 0 Å². The first-order valence-corrected chi connectivity index (χ1v) is 9.98. The van der Waals surface area contributed by atoms with E-state index < -0.39 is 23.9 Å². The van der Waals surface area contributed by atoms with E-state index in [9.17, 15) is 14.4 Å². The molecular weight excluding hydrogens is 394 g/mol. The van der Waals surface area contributed by atoms with Gasteiger partial charge in [0.15, 0.2) is 11.8 Å². The lowest BCUT2D eigenvalue weighted by Gasteiger charge is -2.12. The number of amides is 2. The van der Waals surface area contributed by atoms with Crippen LogP contribution in [-0.2, 0) is 9.53 Å². The highest BCUT2D eigenvalue weighted by atomic mass is 32.1. The number of hydrogen-bond donors (Lipinski definition) is 2. The molecule has 10 heteroatoms. The Hall–Kier alpha value is -2.56. The molecule has 134 valence electrons. The lowest BCUT2D eigenvalue weighted by Crippen LogP contribution is -2.30. The van der Waals surface area contributed by atoms with Crippen LogP contribution in [0.1, 0.15) is 27.8 Å². The zero-order valence-corrected chi connectivity index (χ0v) is 15.9. The van der Waals surface area contributed by atoms with Gasteiger partial charge in [0.25, 0.3) is 11.8 Å². The smallest absolute Gasteiger partial charge is 0.358 e. The summed E-state index contributed by atoms with van der Waals surface area (Å²) >= 11 is 4.01.